The average Bonchev–Trinajstić information content (AvgIpc) is 3.32. The maximum atomic E-state index is 13.7. The summed E-state index contributed by atoms with van der Waals surface area (Å²) in [6.45, 7) is 4.82. The summed E-state index contributed by atoms with van der Waals surface area (Å²) in [5.41, 5.74) is 1.60. The number of hydrogen-bond donors (Lipinski definition) is 0. The average molecular weight is 493 g/mol. The van der Waals surface area contributed by atoms with Crippen LogP contribution in [0.5, 0.6) is 0 Å². The zero-order chi connectivity index (χ0) is 24.5. The fourth-order valence-electron chi connectivity index (χ4n) is 3.85. The number of aromatic nitrogens is 3. The molecule has 9 nitrogen and oxygen atoms in total. The standard InChI is InChI=1S/C22H26F2N6O3S/c1-15-12-29(13-16(2)28(15)3)34(31,32)30(19-5-4-10-25-11-19)14-17-6-8-18(9-7-17)21-26-27-22(33-21)20(23)24/h4-11,15-16,20H,12-14H2,1-3H3/t15-,16+. The predicted octanol–water partition coefficient (Wildman–Crippen LogP) is 3.35. The molecule has 1 aromatic carbocycles. The van der Waals surface area contributed by atoms with E-state index in [4.69, 9.17) is 4.42 Å². The molecule has 182 valence electrons. The first-order valence-electron chi connectivity index (χ1n) is 10.8. The maximum Gasteiger partial charge on any atom is 0.314 e. The van der Waals surface area contributed by atoms with E-state index in [9.17, 15) is 17.2 Å². The first-order chi connectivity index (χ1) is 16.2. The zero-order valence-electron chi connectivity index (χ0n) is 19.0. The van der Waals surface area contributed by atoms with E-state index in [2.05, 4.69) is 20.1 Å². The van der Waals surface area contributed by atoms with Crippen molar-refractivity contribution in [3.63, 3.8) is 0 Å². The SMILES string of the molecule is C[C@@H]1CN(S(=O)(=O)N(Cc2ccc(-c3nnc(C(F)F)o3)cc2)c2cccnc2)C[C@H](C)N1C. The van der Waals surface area contributed by atoms with Crippen molar-refractivity contribution in [1.29, 1.82) is 0 Å². The van der Waals surface area contributed by atoms with Gasteiger partial charge in [-0.15, -0.1) is 10.2 Å². The van der Waals surface area contributed by atoms with Gasteiger partial charge in [0.15, 0.2) is 0 Å². The van der Waals surface area contributed by atoms with E-state index in [1.807, 2.05) is 20.9 Å². The van der Waals surface area contributed by atoms with Crippen LogP contribution in [-0.4, -0.2) is 65.0 Å². The minimum atomic E-state index is -3.86. The Hall–Kier alpha value is -2.96. The molecule has 12 heteroatoms. The van der Waals surface area contributed by atoms with Crippen LogP contribution in [0.2, 0.25) is 0 Å². The highest BCUT2D eigenvalue weighted by atomic mass is 32.2. The number of alkyl halides is 2. The lowest BCUT2D eigenvalue weighted by Gasteiger charge is -2.43. The third-order valence-corrected chi connectivity index (χ3v) is 7.87. The van der Waals surface area contributed by atoms with E-state index in [0.717, 1.165) is 0 Å². The Labute approximate surface area is 197 Å². The number of likely N-dealkylation sites (N-methyl/N-ethyl adjacent to an activating group) is 1. The van der Waals surface area contributed by atoms with E-state index in [0.29, 0.717) is 29.9 Å². The van der Waals surface area contributed by atoms with Crippen LogP contribution < -0.4 is 4.31 Å². The van der Waals surface area contributed by atoms with Crippen LogP contribution in [0.15, 0.2) is 53.2 Å². The molecular formula is C22H26F2N6O3S. The van der Waals surface area contributed by atoms with Gasteiger partial charge in [-0.05, 0) is 50.7 Å². The fraction of sp³-hybridized carbons (Fsp3) is 0.409. The molecular weight excluding hydrogens is 466 g/mol. The molecule has 1 aliphatic heterocycles. The van der Waals surface area contributed by atoms with Gasteiger partial charge in [-0.2, -0.15) is 21.5 Å². The molecule has 1 fully saturated rings. The van der Waals surface area contributed by atoms with Crippen LogP contribution in [-0.2, 0) is 16.8 Å². The third-order valence-electron chi connectivity index (χ3n) is 6.02. The molecule has 2 atom stereocenters. The molecule has 0 aliphatic carbocycles. The Morgan fingerprint density at radius 3 is 2.35 bits per heavy atom. The monoisotopic (exact) mass is 492 g/mol. The first kappa shape index (κ1) is 24.2. The van der Waals surface area contributed by atoms with E-state index < -0.39 is 22.5 Å². The molecule has 1 saturated heterocycles. The van der Waals surface area contributed by atoms with Gasteiger partial charge in [-0.3, -0.25) is 14.2 Å². The molecule has 0 unspecified atom stereocenters. The minimum absolute atomic E-state index is 0.0287. The van der Waals surface area contributed by atoms with E-state index in [-0.39, 0.29) is 24.5 Å². The summed E-state index contributed by atoms with van der Waals surface area (Å²) in [6.07, 6.45) is 0.249. The van der Waals surface area contributed by atoms with Crippen LogP contribution >= 0.6 is 0 Å². The minimum Gasteiger partial charge on any atom is -0.415 e. The molecule has 0 bridgehead atoms. The normalized spacial score (nSPS) is 20.1. The molecule has 0 spiro atoms. The number of halogens is 2. The summed E-state index contributed by atoms with van der Waals surface area (Å²) >= 11 is 0. The lowest BCUT2D eigenvalue weighted by atomic mass is 10.1. The number of pyridine rings is 1. The summed E-state index contributed by atoms with van der Waals surface area (Å²) < 4.78 is 60.8. The number of piperazine rings is 1. The molecule has 0 saturated carbocycles. The van der Waals surface area contributed by atoms with Crippen molar-refractivity contribution in [2.45, 2.75) is 38.9 Å². The summed E-state index contributed by atoms with van der Waals surface area (Å²) in [7, 11) is -1.86. The third kappa shape index (κ3) is 4.93. The van der Waals surface area contributed by atoms with Gasteiger partial charge in [0, 0.05) is 36.9 Å². The lowest BCUT2D eigenvalue weighted by Crippen LogP contribution is -2.59. The molecule has 0 radical (unpaired) electrons. The van der Waals surface area contributed by atoms with Crippen molar-refractivity contribution in [3.8, 4) is 11.5 Å². The Kier molecular flexibility index (Phi) is 6.91. The number of benzene rings is 1. The molecule has 0 amide bonds. The number of hydrogen-bond acceptors (Lipinski definition) is 7. The van der Waals surface area contributed by atoms with Gasteiger partial charge in [0.2, 0.25) is 5.89 Å². The second kappa shape index (κ2) is 9.72. The van der Waals surface area contributed by atoms with Crippen LogP contribution in [0.25, 0.3) is 11.5 Å². The second-order valence-electron chi connectivity index (χ2n) is 8.35. The van der Waals surface area contributed by atoms with E-state index in [1.54, 1.807) is 42.6 Å². The summed E-state index contributed by atoms with van der Waals surface area (Å²) in [5, 5.41) is 6.98. The lowest BCUT2D eigenvalue weighted by molar-refractivity contribution is 0.105. The van der Waals surface area contributed by atoms with Crippen LogP contribution in [0, 0.1) is 0 Å². The predicted molar refractivity (Wildman–Crippen MR) is 122 cm³/mol. The van der Waals surface area contributed by atoms with Gasteiger partial charge >= 0.3 is 16.6 Å². The van der Waals surface area contributed by atoms with Crippen molar-refractivity contribution in [1.82, 2.24) is 24.4 Å². The van der Waals surface area contributed by atoms with Crippen molar-refractivity contribution in [3.05, 3.63) is 60.2 Å². The highest BCUT2D eigenvalue weighted by Gasteiger charge is 2.37. The molecule has 1 aliphatic rings. The summed E-state index contributed by atoms with van der Waals surface area (Å²) in [4.78, 5) is 6.26. The van der Waals surface area contributed by atoms with Gasteiger partial charge in [-0.25, -0.2) is 0 Å². The van der Waals surface area contributed by atoms with Crippen molar-refractivity contribution >= 4 is 15.9 Å². The Morgan fingerprint density at radius 1 is 1.12 bits per heavy atom. The fourth-order valence-corrected chi connectivity index (χ4v) is 5.62. The summed E-state index contributed by atoms with van der Waals surface area (Å²) in [5.74, 6) is -0.775. The molecule has 4 rings (SSSR count). The highest BCUT2D eigenvalue weighted by Crippen LogP contribution is 2.27. The molecule has 0 N–H and O–H groups in total. The van der Waals surface area contributed by atoms with Crippen LogP contribution in [0.4, 0.5) is 14.5 Å². The van der Waals surface area contributed by atoms with Crippen molar-refractivity contribution in [2.75, 3.05) is 24.4 Å². The molecule has 34 heavy (non-hydrogen) atoms. The molecule has 2 aromatic heterocycles. The van der Waals surface area contributed by atoms with E-state index >= 15 is 0 Å². The highest BCUT2D eigenvalue weighted by molar-refractivity contribution is 7.90. The van der Waals surface area contributed by atoms with E-state index in [1.165, 1.54) is 14.8 Å². The van der Waals surface area contributed by atoms with Crippen LogP contribution in [0.3, 0.4) is 0 Å². The molecule has 3 heterocycles. The Balaban J connectivity index is 1.61. The Bertz CT molecular complexity index is 1190. The number of anilines is 1. The number of rotatable bonds is 7. The quantitative estimate of drug-likeness (QED) is 0.499. The smallest absolute Gasteiger partial charge is 0.314 e. The van der Waals surface area contributed by atoms with Crippen LogP contribution in [0.1, 0.15) is 31.7 Å². The first-order valence-corrected chi connectivity index (χ1v) is 12.2. The zero-order valence-corrected chi connectivity index (χ0v) is 19.9. The van der Waals surface area contributed by atoms with Gasteiger partial charge < -0.3 is 4.42 Å². The molecule has 3 aromatic rings. The Morgan fingerprint density at radius 2 is 1.79 bits per heavy atom. The number of nitrogens with zero attached hydrogens (tertiary/aromatic N) is 6. The maximum absolute atomic E-state index is 13.7. The van der Waals surface area contributed by atoms with Gasteiger partial charge in [0.1, 0.15) is 0 Å². The summed E-state index contributed by atoms with van der Waals surface area (Å²) in [6, 6.07) is 10.2. The van der Waals surface area contributed by atoms with Gasteiger partial charge in [0.25, 0.3) is 5.89 Å². The largest absolute Gasteiger partial charge is 0.415 e. The van der Waals surface area contributed by atoms with Gasteiger partial charge in [0.05, 0.1) is 18.4 Å². The second-order valence-corrected chi connectivity index (χ2v) is 10.2. The topological polar surface area (TPSA) is 95.7 Å². The van der Waals surface area contributed by atoms with Gasteiger partial charge in [-0.1, -0.05) is 12.1 Å². The van der Waals surface area contributed by atoms with Crippen molar-refractivity contribution in [2.24, 2.45) is 0 Å². The van der Waals surface area contributed by atoms with Crippen molar-refractivity contribution < 1.29 is 21.6 Å².